The molecule has 1 fully saturated rings. The Bertz CT molecular complexity index is 855. The van der Waals surface area contributed by atoms with E-state index in [0.717, 1.165) is 19.4 Å². The molecule has 1 aliphatic heterocycles. The van der Waals surface area contributed by atoms with Crippen LogP contribution in [0.2, 0.25) is 0 Å². The van der Waals surface area contributed by atoms with Gasteiger partial charge in [-0.2, -0.15) is 0 Å². The molecule has 0 bridgehead atoms. The first-order valence-corrected chi connectivity index (χ1v) is 9.59. The molecule has 132 valence electrons. The highest BCUT2D eigenvalue weighted by Crippen LogP contribution is 2.18. The number of Topliss-reactive ketones (excluding diaryl/α,β-unsaturated/α-hetero) is 1. The summed E-state index contributed by atoms with van der Waals surface area (Å²) >= 11 is 0. The average Bonchev–Trinajstić information content (AvgIpc) is 2.62. The number of sulfonamides is 1. The average molecular weight is 360 g/mol. The molecule has 7 nitrogen and oxygen atoms in total. The van der Waals surface area contributed by atoms with E-state index < -0.39 is 10.0 Å². The van der Waals surface area contributed by atoms with E-state index in [0.29, 0.717) is 18.1 Å². The highest BCUT2D eigenvalue weighted by molar-refractivity contribution is 7.89. The third-order valence-electron chi connectivity index (χ3n) is 4.13. The highest BCUT2D eigenvalue weighted by Gasteiger charge is 2.26. The van der Waals surface area contributed by atoms with Crippen LogP contribution in [0.4, 0.5) is 5.95 Å². The fraction of sp³-hybridized carbons (Fsp3) is 0.353. The quantitative estimate of drug-likeness (QED) is 0.815. The number of ketones is 1. The van der Waals surface area contributed by atoms with Gasteiger partial charge in [-0.05, 0) is 38.0 Å². The van der Waals surface area contributed by atoms with Gasteiger partial charge in [-0.1, -0.05) is 12.1 Å². The predicted octanol–water partition coefficient (Wildman–Crippen LogP) is 1.63. The Morgan fingerprint density at radius 3 is 2.72 bits per heavy atom. The molecule has 1 saturated heterocycles. The minimum atomic E-state index is -3.69. The van der Waals surface area contributed by atoms with Crippen LogP contribution in [0.3, 0.4) is 0 Å². The molecule has 1 atom stereocenters. The summed E-state index contributed by atoms with van der Waals surface area (Å²) in [5, 5.41) is 0. The summed E-state index contributed by atoms with van der Waals surface area (Å²) in [4.78, 5) is 22.0. The van der Waals surface area contributed by atoms with Gasteiger partial charge in [0.15, 0.2) is 5.78 Å². The number of nitrogens with zero attached hydrogens (tertiary/aromatic N) is 3. The first kappa shape index (κ1) is 17.5. The summed E-state index contributed by atoms with van der Waals surface area (Å²) in [6.07, 6.45) is 4.93. The van der Waals surface area contributed by atoms with Crippen molar-refractivity contribution in [1.29, 1.82) is 0 Å². The summed E-state index contributed by atoms with van der Waals surface area (Å²) in [7, 11) is -3.69. The lowest BCUT2D eigenvalue weighted by Gasteiger charge is -2.32. The molecule has 8 heteroatoms. The summed E-state index contributed by atoms with van der Waals surface area (Å²) in [5.74, 6) is 0.437. The summed E-state index contributed by atoms with van der Waals surface area (Å²) in [5.41, 5.74) is 0.380. The van der Waals surface area contributed by atoms with Crippen LogP contribution in [0, 0.1) is 0 Å². The molecule has 0 saturated carbocycles. The number of aromatic nitrogens is 2. The van der Waals surface area contributed by atoms with Crippen molar-refractivity contribution in [1.82, 2.24) is 14.7 Å². The van der Waals surface area contributed by atoms with E-state index >= 15 is 0 Å². The smallest absolute Gasteiger partial charge is 0.240 e. The summed E-state index contributed by atoms with van der Waals surface area (Å²) < 4.78 is 28.0. The maximum Gasteiger partial charge on any atom is 0.240 e. The molecule has 1 aliphatic rings. The first-order chi connectivity index (χ1) is 12.0. The summed E-state index contributed by atoms with van der Waals surface area (Å²) in [6.45, 7) is 2.72. The monoisotopic (exact) mass is 360 g/mol. The Kier molecular flexibility index (Phi) is 5.10. The van der Waals surface area contributed by atoms with Gasteiger partial charge in [0.1, 0.15) is 0 Å². The van der Waals surface area contributed by atoms with Gasteiger partial charge in [0.25, 0.3) is 0 Å². The van der Waals surface area contributed by atoms with Crippen LogP contribution in [-0.4, -0.2) is 43.3 Å². The van der Waals surface area contributed by atoms with Crippen molar-refractivity contribution in [2.45, 2.75) is 30.7 Å². The van der Waals surface area contributed by atoms with E-state index in [2.05, 4.69) is 14.7 Å². The van der Waals surface area contributed by atoms with Gasteiger partial charge in [-0.3, -0.25) is 4.79 Å². The van der Waals surface area contributed by atoms with E-state index in [1.807, 2.05) is 4.90 Å². The second-order valence-corrected chi connectivity index (χ2v) is 7.75. The van der Waals surface area contributed by atoms with Crippen molar-refractivity contribution in [3.63, 3.8) is 0 Å². The van der Waals surface area contributed by atoms with E-state index in [1.165, 1.54) is 19.1 Å². The molecule has 1 aromatic heterocycles. The number of piperidine rings is 1. The van der Waals surface area contributed by atoms with E-state index in [1.54, 1.807) is 30.6 Å². The molecule has 2 aromatic rings. The van der Waals surface area contributed by atoms with E-state index in [4.69, 9.17) is 0 Å². The van der Waals surface area contributed by atoms with Gasteiger partial charge in [-0.25, -0.2) is 23.1 Å². The second-order valence-electron chi connectivity index (χ2n) is 6.04. The van der Waals surface area contributed by atoms with Crippen LogP contribution in [0.25, 0.3) is 0 Å². The van der Waals surface area contributed by atoms with Gasteiger partial charge in [0.05, 0.1) is 4.90 Å². The van der Waals surface area contributed by atoms with Gasteiger partial charge in [-0.15, -0.1) is 0 Å². The number of carbonyl (C=O) groups excluding carboxylic acids is 1. The van der Waals surface area contributed by atoms with Gasteiger partial charge in [0, 0.05) is 37.1 Å². The van der Waals surface area contributed by atoms with Crippen molar-refractivity contribution in [2.24, 2.45) is 0 Å². The Morgan fingerprint density at radius 2 is 2.00 bits per heavy atom. The van der Waals surface area contributed by atoms with Crippen LogP contribution in [-0.2, 0) is 10.0 Å². The van der Waals surface area contributed by atoms with Crippen molar-refractivity contribution in [3.8, 4) is 0 Å². The van der Waals surface area contributed by atoms with Gasteiger partial charge >= 0.3 is 0 Å². The lowest BCUT2D eigenvalue weighted by Crippen LogP contribution is -2.48. The minimum Gasteiger partial charge on any atom is -0.339 e. The number of nitrogens with one attached hydrogen (secondary N) is 1. The minimum absolute atomic E-state index is 0.105. The maximum absolute atomic E-state index is 12.6. The Labute approximate surface area is 147 Å². The molecule has 0 radical (unpaired) electrons. The van der Waals surface area contributed by atoms with Crippen molar-refractivity contribution < 1.29 is 13.2 Å². The number of rotatable bonds is 5. The second kappa shape index (κ2) is 7.28. The molecule has 25 heavy (non-hydrogen) atoms. The fourth-order valence-corrected chi connectivity index (χ4v) is 4.19. The van der Waals surface area contributed by atoms with Crippen molar-refractivity contribution in [2.75, 3.05) is 18.0 Å². The molecular formula is C17H20N4O3S. The zero-order chi connectivity index (χ0) is 17.9. The van der Waals surface area contributed by atoms with Crippen LogP contribution in [0.5, 0.6) is 0 Å². The van der Waals surface area contributed by atoms with Crippen LogP contribution >= 0.6 is 0 Å². The Hall–Kier alpha value is -2.32. The normalized spacial score (nSPS) is 18.1. The molecule has 2 heterocycles. The molecule has 1 N–H and O–H groups in total. The van der Waals surface area contributed by atoms with Crippen molar-refractivity contribution >= 4 is 21.8 Å². The molecule has 1 aromatic carbocycles. The molecular weight excluding hydrogens is 340 g/mol. The molecule has 0 spiro atoms. The molecule has 1 unspecified atom stereocenters. The van der Waals surface area contributed by atoms with E-state index in [9.17, 15) is 13.2 Å². The zero-order valence-corrected chi connectivity index (χ0v) is 14.7. The Morgan fingerprint density at radius 1 is 1.24 bits per heavy atom. The molecule has 3 rings (SSSR count). The lowest BCUT2D eigenvalue weighted by atomic mass is 10.1. The lowest BCUT2D eigenvalue weighted by molar-refractivity contribution is 0.101. The number of anilines is 1. The maximum atomic E-state index is 12.6. The summed E-state index contributed by atoms with van der Waals surface area (Å²) in [6, 6.07) is 7.60. The third kappa shape index (κ3) is 4.21. The van der Waals surface area contributed by atoms with Crippen LogP contribution in [0.1, 0.15) is 30.1 Å². The first-order valence-electron chi connectivity index (χ1n) is 8.11. The molecule has 0 aliphatic carbocycles. The third-order valence-corrected chi connectivity index (χ3v) is 5.65. The number of hydrogen-bond acceptors (Lipinski definition) is 6. The fourth-order valence-electron chi connectivity index (χ4n) is 2.88. The van der Waals surface area contributed by atoms with Crippen LogP contribution < -0.4 is 9.62 Å². The number of carbonyl (C=O) groups is 1. The number of benzene rings is 1. The van der Waals surface area contributed by atoms with Gasteiger partial charge in [0.2, 0.25) is 16.0 Å². The van der Waals surface area contributed by atoms with Crippen LogP contribution in [0.15, 0.2) is 47.6 Å². The standard InChI is InChI=1S/C17H20N4O3S/c1-13(22)14-5-2-7-16(11-14)25(23,24)20-15-6-3-10-21(12-15)17-18-8-4-9-19-17/h2,4-5,7-9,11,15,20H,3,6,10,12H2,1H3. The van der Waals surface area contributed by atoms with Crippen molar-refractivity contribution in [3.05, 3.63) is 48.3 Å². The van der Waals surface area contributed by atoms with Gasteiger partial charge < -0.3 is 4.90 Å². The number of hydrogen-bond donors (Lipinski definition) is 1. The predicted molar refractivity (Wildman–Crippen MR) is 94.0 cm³/mol. The highest BCUT2D eigenvalue weighted by atomic mass is 32.2. The topological polar surface area (TPSA) is 92.3 Å². The SMILES string of the molecule is CC(=O)c1cccc(S(=O)(=O)NC2CCCN(c3ncccn3)C2)c1. The Balaban J connectivity index is 1.74. The largest absolute Gasteiger partial charge is 0.339 e. The van der Waals surface area contributed by atoms with E-state index in [-0.39, 0.29) is 16.7 Å². The zero-order valence-electron chi connectivity index (χ0n) is 13.9. The molecule has 0 amide bonds.